The number of methoxy groups -OCH3 is 1. The van der Waals surface area contributed by atoms with E-state index in [0.717, 1.165) is 11.1 Å². The molecule has 0 radical (unpaired) electrons. The van der Waals surface area contributed by atoms with Gasteiger partial charge in [-0.2, -0.15) is 0 Å². The molecule has 2 aromatic rings. The Kier molecular flexibility index (Phi) is 3.53. The fourth-order valence-corrected chi connectivity index (χ4v) is 1.91. The minimum Gasteiger partial charge on any atom is -0.398 e. The van der Waals surface area contributed by atoms with Gasteiger partial charge in [-0.05, 0) is 42.8 Å². The summed E-state index contributed by atoms with van der Waals surface area (Å²) in [5, 5.41) is 11.9. The lowest BCUT2D eigenvalue weighted by Gasteiger charge is -2.23. The summed E-state index contributed by atoms with van der Waals surface area (Å²) in [4.78, 5) is 0. The van der Waals surface area contributed by atoms with Gasteiger partial charge < -0.3 is 10.5 Å². The second-order valence-corrected chi connectivity index (χ2v) is 5.16. The van der Waals surface area contributed by atoms with E-state index in [4.69, 9.17) is 10.5 Å². The molecule has 0 aliphatic rings. The number of hydrogen-bond donors (Lipinski definition) is 1. The quantitative estimate of drug-likeness (QED) is 0.847. The highest BCUT2D eigenvalue weighted by Crippen LogP contribution is 2.27. The summed E-state index contributed by atoms with van der Waals surface area (Å²) in [6, 6.07) is 5.76. The number of tetrazole rings is 1. The van der Waals surface area contributed by atoms with Crippen molar-refractivity contribution in [3.05, 3.63) is 23.8 Å². The first-order valence-electron chi connectivity index (χ1n) is 6.11. The molecule has 0 amide bonds. The second kappa shape index (κ2) is 4.97. The zero-order valence-electron chi connectivity index (χ0n) is 11.7. The van der Waals surface area contributed by atoms with Gasteiger partial charge in [0.2, 0.25) is 0 Å². The van der Waals surface area contributed by atoms with E-state index in [1.807, 2.05) is 39.0 Å². The Morgan fingerprint density at radius 2 is 2.11 bits per heavy atom. The molecule has 0 bridgehead atoms. The molecule has 1 heterocycles. The molecule has 1 aromatic carbocycles. The first-order valence-corrected chi connectivity index (χ1v) is 6.11. The number of aryl methyl sites for hydroxylation is 1. The number of ether oxygens (including phenoxy) is 1. The number of benzene rings is 1. The third-order valence-electron chi connectivity index (χ3n) is 3.14. The van der Waals surface area contributed by atoms with Crippen LogP contribution in [0.1, 0.15) is 19.4 Å². The van der Waals surface area contributed by atoms with Gasteiger partial charge in [-0.25, -0.2) is 4.68 Å². The number of rotatable bonds is 4. The monoisotopic (exact) mass is 261 g/mol. The normalized spacial score (nSPS) is 11.8. The van der Waals surface area contributed by atoms with Crippen LogP contribution in [0, 0.1) is 6.92 Å². The van der Waals surface area contributed by atoms with Crippen LogP contribution in [0.5, 0.6) is 0 Å². The fourth-order valence-electron chi connectivity index (χ4n) is 1.91. The minimum atomic E-state index is -0.346. The van der Waals surface area contributed by atoms with Crippen LogP contribution in [-0.2, 0) is 11.3 Å². The van der Waals surface area contributed by atoms with Crippen molar-refractivity contribution in [3.8, 4) is 11.4 Å². The van der Waals surface area contributed by atoms with Crippen molar-refractivity contribution in [1.29, 1.82) is 0 Å². The number of anilines is 1. The number of nitrogens with zero attached hydrogens (tertiary/aromatic N) is 4. The zero-order chi connectivity index (χ0) is 14.0. The molecule has 19 heavy (non-hydrogen) atoms. The van der Waals surface area contributed by atoms with Crippen molar-refractivity contribution in [3.63, 3.8) is 0 Å². The fraction of sp³-hybridized carbons (Fsp3) is 0.462. The Hall–Kier alpha value is -1.95. The third-order valence-corrected chi connectivity index (χ3v) is 3.14. The van der Waals surface area contributed by atoms with Crippen LogP contribution in [0.4, 0.5) is 5.69 Å². The van der Waals surface area contributed by atoms with E-state index >= 15 is 0 Å². The molecule has 6 heteroatoms. The van der Waals surface area contributed by atoms with Crippen LogP contribution in [0.15, 0.2) is 18.2 Å². The summed E-state index contributed by atoms with van der Waals surface area (Å²) in [5.41, 5.74) is 8.29. The highest BCUT2D eigenvalue weighted by atomic mass is 16.5. The minimum absolute atomic E-state index is 0.346. The van der Waals surface area contributed by atoms with Crippen LogP contribution in [-0.4, -0.2) is 32.9 Å². The van der Waals surface area contributed by atoms with Gasteiger partial charge in [0.1, 0.15) is 0 Å². The van der Waals surface area contributed by atoms with E-state index in [0.29, 0.717) is 18.1 Å². The van der Waals surface area contributed by atoms with Gasteiger partial charge in [0, 0.05) is 18.4 Å². The van der Waals surface area contributed by atoms with Crippen LogP contribution < -0.4 is 5.73 Å². The lowest BCUT2D eigenvalue weighted by Crippen LogP contribution is -2.30. The maximum Gasteiger partial charge on any atom is 0.184 e. The molecule has 0 aliphatic heterocycles. The van der Waals surface area contributed by atoms with Gasteiger partial charge in [-0.3, -0.25) is 0 Å². The van der Waals surface area contributed by atoms with Gasteiger partial charge in [-0.1, -0.05) is 12.1 Å². The molecule has 0 saturated heterocycles. The molecule has 6 nitrogen and oxygen atoms in total. The molecular weight excluding hydrogens is 242 g/mol. The third kappa shape index (κ3) is 2.73. The average molecular weight is 261 g/mol. The summed E-state index contributed by atoms with van der Waals surface area (Å²) in [6.45, 7) is 6.52. The number of nitrogen functional groups attached to an aromatic ring is 1. The molecule has 102 valence electrons. The van der Waals surface area contributed by atoms with E-state index in [2.05, 4.69) is 15.5 Å². The van der Waals surface area contributed by atoms with E-state index in [1.165, 1.54) is 0 Å². The van der Waals surface area contributed by atoms with E-state index in [9.17, 15) is 0 Å². The number of hydrogen-bond acceptors (Lipinski definition) is 5. The molecule has 0 unspecified atom stereocenters. The van der Waals surface area contributed by atoms with Crippen molar-refractivity contribution in [2.45, 2.75) is 32.9 Å². The Morgan fingerprint density at radius 3 is 2.74 bits per heavy atom. The van der Waals surface area contributed by atoms with Gasteiger partial charge in [0.25, 0.3) is 0 Å². The topological polar surface area (TPSA) is 78.8 Å². The maximum absolute atomic E-state index is 6.04. The summed E-state index contributed by atoms with van der Waals surface area (Å²) < 4.78 is 7.14. The predicted octanol–water partition coefficient (Wildman–Crippen LogP) is 1.66. The van der Waals surface area contributed by atoms with Crippen molar-refractivity contribution < 1.29 is 4.74 Å². The van der Waals surface area contributed by atoms with Gasteiger partial charge in [0.05, 0.1) is 12.1 Å². The van der Waals surface area contributed by atoms with Crippen molar-refractivity contribution >= 4 is 5.69 Å². The lowest BCUT2D eigenvalue weighted by molar-refractivity contribution is 0.00538. The first-order chi connectivity index (χ1) is 8.94. The molecule has 0 spiro atoms. The van der Waals surface area contributed by atoms with Gasteiger partial charge >= 0.3 is 0 Å². The SMILES string of the molecule is COC(C)(C)Cn1nnnc1-c1c(C)cccc1N. The highest BCUT2D eigenvalue weighted by Gasteiger charge is 2.22. The van der Waals surface area contributed by atoms with Gasteiger partial charge in [0.15, 0.2) is 5.82 Å². The molecule has 0 aliphatic carbocycles. The first kappa shape index (κ1) is 13.5. The molecule has 2 rings (SSSR count). The maximum atomic E-state index is 6.04. The summed E-state index contributed by atoms with van der Waals surface area (Å²) >= 11 is 0. The zero-order valence-corrected chi connectivity index (χ0v) is 11.7. The van der Waals surface area contributed by atoms with Crippen LogP contribution in [0.25, 0.3) is 11.4 Å². The predicted molar refractivity (Wildman–Crippen MR) is 73.5 cm³/mol. The lowest BCUT2D eigenvalue weighted by atomic mass is 10.1. The van der Waals surface area contributed by atoms with Crippen molar-refractivity contribution in [2.24, 2.45) is 0 Å². The Morgan fingerprint density at radius 1 is 1.37 bits per heavy atom. The van der Waals surface area contributed by atoms with E-state index < -0.39 is 0 Å². The molecule has 0 fully saturated rings. The van der Waals surface area contributed by atoms with E-state index in [1.54, 1.807) is 11.8 Å². The molecule has 0 atom stereocenters. The largest absolute Gasteiger partial charge is 0.398 e. The smallest absolute Gasteiger partial charge is 0.184 e. The molecular formula is C13H19N5O. The Balaban J connectivity index is 2.45. The summed E-state index contributed by atoms with van der Waals surface area (Å²) in [7, 11) is 1.67. The van der Waals surface area contributed by atoms with Gasteiger partial charge in [-0.15, -0.1) is 5.10 Å². The average Bonchev–Trinajstić information content (AvgIpc) is 2.76. The molecule has 0 saturated carbocycles. The van der Waals surface area contributed by atoms with Crippen LogP contribution >= 0.6 is 0 Å². The summed E-state index contributed by atoms with van der Waals surface area (Å²) in [5.74, 6) is 0.667. The second-order valence-electron chi connectivity index (χ2n) is 5.16. The Labute approximate surface area is 112 Å². The van der Waals surface area contributed by atoms with Crippen LogP contribution in [0.2, 0.25) is 0 Å². The van der Waals surface area contributed by atoms with Crippen LogP contribution in [0.3, 0.4) is 0 Å². The number of aromatic nitrogens is 4. The number of nitrogens with two attached hydrogens (primary N) is 1. The Bertz CT molecular complexity index is 556. The molecule has 1 aromatic heterocycles. The molecule has 2 N–H and O–H groups in total. The van der Waals surface area contributed by atoms with Crippen molar-refractivity contribution in [2.75, 3.05) is 12.8 Å². The standard InChI is InChI=1S/C13H19N5O/c1-9-6-5-7-10(14)11(9)12-15-16-17-18(12)8-13(2,3)19-4/h5-7H,8,14H2,1-4H3. The summed E-state index contributed by atoms with van der Waals surface area (Å²) in [6.07, 6.45) is 0. The van der Waals surface area contributed by atoms with E-state index in [-0.39, 0.29) is 5.60 Å². The van der Waals surface area contributed by atoms with Crippen molar-refractivity contribution in [1.82, 2.24) is 20.2 Å². The highest BCUT2D eigenvalue weighted by molar-refractivity contribution is 5.74.